The first kappa shape index (κ1) is 11.7. The lowest BCUT2D eigenvalue weighted by molar-refractivity contribution is 0.00882. The van der Waals surface area contributed by atoms with Gasteiger partial charge < -0.3 is 9.47 Å². The van der Waals surface area contributed by atoms with E-state index in [1.165, 1.54) is 0 Å². The Morgan fingerprint density at radius 2 is 1.92 bits per heavy atom. The molecular weight excluding hydrogens is 152 g/mol. The van der Waals surface area contributed by atoms with Crippen molar-refractivity contribution in [3.63, 3.8) is 0 Å². The highest BCUT2D eigenvalue weighted by Crippen LogP contribution is 1.96. The van der Waals surface area contributed by atoms with Gasteiger partial charge in [0.1, 0.15) is 0 Å². The first-order chi connectivity index (χ1) is 5.85. The minimum absolute atomic E-state index is 0.0662. The van der Waals surface area contributed by atoms with Gasteiger partial charge in [0.15, 0.2) is 0 Å². The Hall–Kier alpha value is -0.340. The molecule has 12 heavy (non-hydrogen) atoms. The minimum atomic E-state index is 0.0662. The van der Waals surface area contributed by atoms with E-state index in [0.29, 0.717) is 6.61 Å². The van der Waals surface area contributed by atoms with Crippen LogP contribution in [0.4, 0.5) is 0 Å². The molecular formula is C10H20O2. The molecule has 0 spiro atoms. The fraction of sp³-hybridized carbons (Fsp3) is 0.800. The first-order valence-electron chi connectivity index (χ1n) is 4.67. The first-order valence-corrected chi connectivity index (χ1v) is 4.67. The summed E-state index contributed by atoms with van der Waals surface area (Å²) in [5, 5.41) is 0. The lowest BCUT2D eigenvalue weighted by atomic mass is 10.3. The predicted octanol–water partition coefficient (Wildman–Crippen LogP) is 2.39. The van der Waals surface area contributed by atoms with Crippen molar-refractivity contribution in [1.82, 2.24) is 0 Å². The highest BCUT2D eigenvalue weighted by molar-refractivity contribution is 4.79. The van der Waals surface area contributed by atoms with Crippen molar-refractivity contribution >= 4 is 0 Å². The number of ether oxygens (including phenoxy) is 2. The molecule has 2 nitrogen and oxygen atoms in total. The molecule has 0 aliphatic rings. The van der Waals surface area contributed by atoms with Crippen LogP contribution in [0.1, 0.15) is 26.7 Å². The van der Waals surface area contributed by atoms with Gasteiger partial charge >= 0.3 is 0 Å². The van der Waals surface area contributed by atoms with Gasteiger partial charge in [0, 0.05) is 13.2 Å². The highest BCUT2D eigenvalue weighted by atomic mass is 16.5. The van der Waals surface area contributed by atoms with E-state index < -0.39 is 0 Å². The molecule has 0 bridgehead atoms. The molecule has 0 amide bonds. The zero-order valence-corrected chi connectivity index (χ0v) is 8.21. The lowest BCUT2D eigenvalue weighted by Gasteiger charge is -2.12. The van der Waals surface area contributed by atoms with Gasteiger partial charge in [-0.05, 0) is 12.8 Å². The SMILES string of the molecule is C=CC(COCCC)OCCC. The summed E-state index contributed by atoms with van der Waals surface area (Å²) in [6, 6.07) is 0. The van der Waals surface area contributed by atoms with Crippen molar-refractivity contribution in [2.24, 2.45) is 0 Å². The van der Waals surface area contributed by atoms with Gasteiger partial charge in [-0.15, -0.1) is 6.58 Å². The molecule has 0 aromatic carbocycles. The van der Waals surface area contributed by atoms with Gasteiger partial charge in [0.25, 0.3) is 0 Å². The van der Waals surface area contributed by atoms with E-state index in [4.69, 9.17) is 9.47 Å². The Labute approximate surface area is 75.6 Å². The molecule has 1 unspecified atom stereocenters. The molecule has 0 fully saturated rings. The van der Waals surface area contributed by atoms with Crippen LogP contribution in [-0.2, 0) is 9.47 Å². The molecule has 2 heteroatoms. The van der Waals surface area contributed by atoms with Crippen LogP contribution >= 0.6 is 0 Å². The van der Waals surface area contributed by atoms with Crippen molar-refractivity contribution in [3.8, 4) is 0 Å². The second-order valence-corrected chi connectivity index (χ2v) is 2.72. The van der Waals surface area contributed by atoms with E-state index in [-0.39, 0.29) is 6.10 Å². The number of hydrogen-bond donors (Lipinski definition) is 0. The van der Waals surface area contributed by atoms with E-state index in [1.807, 2.05) is 0 Å². The van der Waals surface area contributed by atoms with Crippen LogP contribution < -0.4 is 0 Å². The van der Waals surface area contributed by atoms with E-state index >= 15 is 0 Å². The second-order valence-electron chi connectivity index (χ2n) is 2.72. The van der Waals surface area contributed by atoms with Crippen LogP contribution in [0.2, 0.25) is 0 Å². The molecule has 0 radical (unpaired) electrons. The highest BCUT2D eigenvalue weighted by Gasteiger charge is 2.02. The third kappa shape index (κ3) is 6.38. The van der Waals surface area contributed by atoms with Crippen molar-refractivity contribution in [1.29, 1.82) is 0 Å². The van der Waals surface area contributed by atoms with Crippen LogP contribution in [0, 0.1) is 0 Å². The third-order valence-corrected chi connectivity index (χ3v) is 1.43. The second kappa shape index (κ2) is 8.75. The molecule has 0 N–H and O–H groups in total. The van der Waals surface area contributed by atoms with Crippen LogP contribution in [0.5, 0.6) is 0 Å². The molecule has 0 aliphatic heterocycles. The minimum Gasteiger partial charge on any atom is -0.378 e. The largest absolute Gasteiger partial charge is 0.378 e. The smallest absolute Gasteiger partial charge is 0.0986 e. The monoisotopic (exact) mass is 172 g/mol. The summed E-state index contributed by atoms with van der Waals surface area (Å²) >= 11 is 0. The Kier molecular flexibility index (Phi) is 8.51. The molecule has 0 aromatic heterocycles. The maximum absolute atomic E-state index is 5.44. The molecule has 0 heterocycles. The topological polar surface area (TPSA) is 18.5 Å². The van der Waals surface area contributed by atoms with Gasteiger partial charge in [-0.3, -0.25) is 0 Å². The van der Waals surface area contributed by atoms with Gasteiger partial charge in [0.05, 0.1) is 12.7 Å². The quantitative estimate of drug-likeness (QED) is 0.413. The molecule has 72 valence electrons. The maximum Gasteiger partial charge on any atom is 0.0986 e. The van der Waals surface area contributed by atoms with Crippen molar-refractivity contribution in [3.05, 3.63) is 12.7 Å². The summed E-state index contributed by atoms with van der Waals surface area (Å²) in [5.74, 6) is 0. The molecule has 0 aromatic rings. The summed E-state index contributed by atoms with van der Waals surface area (Å²) in [6.07, 6.45) is 3.96. The average molecular weight is 172 g/mol. The Bertz CT molecular complexity index is 102. The van der Waals surface area contributed by atoms with Crippen LogP contribution in [-0.4, -0.2) is 25.9 Å². The molecule has 0 rings (SSSR count). The van der Waals surface area contributed by atoms with E-state index in [0.717, 1.165) is 26.1 Å². The van der Waals surface area contributed by atoms with Gasteiger partial charge in [-0.1, -0.05) is 19.9 Å². The Morgan fingerprint density at radius 3 is 2.42 bits per heavy atom. The zero-order chi connectivity index (χ0) is 9.23. The average Bonchev–Trinajstić information content (AvgIpc) is 2.11. The summed E-state index contributed by atoms with van der Waals surface area (Å²) < 4.78 is 10.8. The summed E-state index contributed by atoms with van der Waals surface area (Å²) in [5.41, 5.74) is 0. The van der Waals surface area contributed by atoms with Gasteiger partial charge in [0.2, 0.25) is 0 Å². The standard InChI is InChI=1S/C10H20O2/c1-4-7-11-9-10(6-3)12-8-5-2/h6,10H,3-5,7-9H2,1-2H3. The lowest BCUT2D eigenvalue weighted by Crippen LogP contribution is -2.17. The maximum atomic E-state index is 5.44. The molecule has 1 atom stereocenters. The van der Waals surface area contributed by atoms with E-state index in [9.17, 15) is 0 Å². The number of rotatable bonds is 8. The van der Waals surface area contributed by atoms with E-state index in [2.05, 4.69) is 20.4 Å². The van der Waals surface area contributed by atoms with Crippen molar-refractivity contribution < 1.29 is 9.47 Å². The normalized spacial score (nSPS) is 12.8. The van der Waals surface area contributed by atoms with Crippen molar-refractivity contribution in [2.75, 3.05) is 19.8 Å². The molecule has 0 saturated heterocycles. The molecule has 0 aliphatic carbocycles. The third-order valence-electron chi connectivity index (χ3n) is 1.43. The van der Waals surface area contributed by atoms with Crippen molar-refractivity contribution in [2.45, 2.75) is 32.8 Å². The van der Waals surface area contributed by atoms with Crippen LogP contribution in [0.15, 0.2) is 12.7 Å². The van der Waals surface area contributed by atoms with Gasteiger partial charge in [-0.2, -0.15) is 0 Å². The van der Waals surface area contributed by atoms with Gasteiger partial charge in [-0.25, -0.2) is 0 Å². The fourth-order valence-corrected chi connectivity index (χ4v) is 0.797. The molecule has 0 saturated carbocycles. The Morgan fingerprint density at radius 1 is 1.25 bits per heavy atom. The van der Waals surface area contributed by atoms with Crippen LogP contribution in [0.25, 0.3) is 0 Å². The Balaban J connectivity index is 3.32. The zero-order valence-electron chi connectivity index (χ0n) is 8.21. The summed E-state index contributed by atoms with van der Waals surface area (Å²) in [7, 11) is 0. The van der Waals surface area contributed by atoms with E-state index in [1.54, 1.807) is 6.08 Å². The fourth-order valence-electron chi connectivity index (χ4n) is 0.797. The van der Waals surface area contributed by atoms with Crippen LogP contribution in [0.3, 0.4) is 0 Å². The number of hydrogen-bond acceptors (Lipinski definition) is 2. The summed E-state index contributed by atoms with van der Waals surface area (Å²) in [6.45, 7) is 10.1. The summed E-state index contributed by atoms with van der Waals surface area (Å²) in [4.78, 5) is 0. The predicted molar refractivity (Wildman–Crippen MR) is 51.3 cm³/mol.